The third-order valence-electron chi connectivity index (χ3n) is 5.31. The molecule has 0 unspecified atom stereocenters. The summed E-state index contributed by atoms with van der Waals surface area (Å²) in [5.41, 5.74) is 14.0. The van der Waals surface area contributed by atoms with Crippen molar-refractivity contribution in [3.63, 3.8) is 0 Å². The maximum atomic E-state index is 3.54. The van der Waals surface area contributed by atoms with Crippen LogP contribution in [0.3, 0.4) is 0 Å². The van der Waals surface area contributed by atoms with Gasteiger partial charge < -0.3 is 24.8 Å². The molecule has 0 fully saturated rings. The van der Waals surface area contributed by atoms with Gasteiger partial charge in [-0.3, -0.25) is 0 Å². The van der Waals surface area contributed by atoms with Crippen LogP contribution in [0.4, 0.5) is 0 Å². The monoisotopic (exact) mass is 532 g/mol. The van der Waals surface area contributed by atoms with Crippen LogP contribution in [0.2, 0.25) is 13.1 Å². The Kier molecular flexibility index (Phi) is 12.9. The standard InChI is InChI=1S/C17H17.C7H9.C2H6Si.2ClH.Zr/c1-10-5-14-9-15-6-11(2)13(4)8-17(15)16(14)7-12(10)3;1-6-4-3-5-7(6)2;1-3-2;;;/h5,7-8H,9H2,1-4H3;3-5H,1-2H3;1-2H3;2*1H;/q2*-1;;;;+2/p-2. The van der Waals surface area contributed by atoms with Gasteiger partial charge in [-0.15, -0.1) is 11.1 Å². The Morgan fingerprint density at radius 1 is 0.767 bits per heavy atom. The molecule has 0 amide bonds. The molecule has 0 aliphatic heterocycles. The van der Waals surface area contributed by atoms with Gasteiger partial charge in [0.25, 0.3) is 0 Å². The second-order valence-electron chi connectivity index (χ2n) is 8.13. The summed E-state index contributed by atoms with van der Waals surface area (Å²) in [6.07, 6.45) is 1.05. The number of hydrogen-bond donors (Lipinski definition) is 0. The van der Waals surface area contributed by atoms with Crippen molar-refractivity contribution in [1.29, 1.82) is 0 Å². The van der Waals surface area contributed by atoms with Crippen molar-refractivity contribution in [3.05, 3.63) is 87.0 Å². The Balaban J connectivity index is 0.000000546. The second-order valence-corrected chi connectivity index (χ2v) is 17.5. The van der Waals surface area contributed by atoms with Crippen LogP contribution in [-0.2, 0) is 29.8 Å². The van der Waals surface area contributed by atoms with Crippen molar-refractivity contribution < 1.29 is 48.1 Å². The number of aryl methyl sites for hydroxylation is 6. The summed E-state index contributed by atoms with van der Waals surface area (Å²) in [7, 11) is 0. The molecule has 0 aromatic heterocycles. The molecule has 0 saturated heterocycles. The maximum absolute atomic E-state index is 3.54. The summed E-state index contributed by atoms with van der Waals surface area (Å²) < 4.78 is 0. The number of benzene rings is 2. The van der Waals surface area contributed by atoms with E-state index in [4.69, 9.17) is 0 Å². The number of hydrogen-bond acceptors (Lipinski definition) is 0. The summed E-state index contributed by atoms with van der Waals surface area (Å²) in [6.45, 7) is 17.6. The van der Waals surface area contributed by atoms with Gasteiger partial charge >= 0.3 is 41.9 Å². The molecule has 160 valence electrons. The van der Waals surface area contributed by atoms with Crippen molar-refractivity contribution in [3.8, 4) is 11.1 Å². The van der Waals surface area contributed by atoms with Gasteiger partial charge in [-0.2, -0.15) is 52.6 Å². The van der Waals surface area contributed by atoms with Crippen LogP contribution in [0.5, 0.6) is 0 Å². The van der Waals surface area contributed by atoms with Crippen molar-refractivity contribution in [2.75, 3.05) is 0 Å². The van der Waals surface area contributed by atoms with Crippen LogP contribution < -0.4 is 24.8 Å². The number of fused-ring (bicyclic) bond motifs is 3. The predicted octanol–water partition coefficient (Wildman–Crippen LogP) is 1.11. The second kappa shape index (κ2) is 13.1. The first-order valence-corrected chi connectivity index (χ1v) is 16.1. The number of halogens is 2. The third kappa shape index (κ3) is 7.86. The summed E-state index contributed by atoms with van der Waals surface area (Å²) in [5, 5.41) is 0. The van der Waals surface area contributed by atoms with Crippen molar-refractivity contribution in [2.45, 2.75) is 61.1 Å². The topological polar surface area (TPSA) is 0 Å². The summed E-state index contributed by atoms with van der Waals surface area (Å²) in [6, 6.07) is 16.8. The molecule has 1 aliphatic carbocycles. The SMILES string of the molecule is C[Si](C)=[Zr+2].Cc1[c-]c2c(cc1C)-c1cc(C)c(C)cc1C2.Cc1c[cH-]cc1C.[Cl-].[Cl-]. The molecule has 4 rings (SSSR count). The van der Waals surface area contributed by atoms with Crippen LogP contribution >= 0.6 is 0 Å². The van der Waals surface area contributed by atoms with E-state index in [1.54, 1.807) is 23.3 Å². The Labute approximate surface area is 211 Å². The van der Waals surface area contributed by atoms with E-state index in [1.807, 2.05) is 0 Å². The van der Waals surface area contributed by atoms with Crippen LogP contribution in [0.25, 0.3) is 11.1 Å². The smallest absolute Gasteiger partial charge is 0.0253 e. The van der Waals surface area contributed by atoms with E-state index < -0.39 is 0 Å². The molecule has 0 N–H and O–H groups in total. The van der Waals surface area contributed by atoms with Crippen LogP contribution in [0.15, 0.2) is 36.4 Å². The zero-order valence-corrected chi connectivity index (χ0v) is 24.4. The summed E-state index contributed by atoms with van der Waals surface area (Å²) in [5.74, 6) is 0. The first kappa shape index (κ1) is 29.5. The van der Waals surface area contributed by atoms with Gasteiger partial charge in [-0.1, -0.05) is 45.4 Å². The zero-order valence-electron chi connectivity index (χ0n) is 19.4. The molecule has 0 heterocycles. The largest absolute Gasteiger partial charge is 1.00 e. The zero-order chi connectivity index (χ0) is 21.0. The molecular weight excluding hydrogens is 503 g/mol. The van der Waals surface area contributed by atoms with Crippen molar-refractivity contribution in [1.82, 2.24) is 0 Å². The molecule has 30 heavy (non-hydrogen) atoms. The average molecular weight is 535 g/mol. The predicted molar refractivity (Wildman–Crippen MR) is 121 cm³/mol. The van der Waals surface area contributed by atoms with Gasteiger partial charge in [0.15, 0.2) is 0 Å². The fourth-order valence-corrected chi connectivity index (χ4v) is 3.25. The minimum Gasteiger partial charge on any atom is -1.00 e. The maximum Gasteiger partial charge on any atom is -0.0253 e. The fraction of sp³-hybridized carbons (Fsp3) is 0.346. The normalized spacial score (nSPS) is 10.2. The van der Waals surface area contributed by atoms with Crippen molar-refractivity contribution >= 4 is 5.43 Å². The van der Waals surface area contributed by atoms with Crippen LogP contribution in [0.1, 0.15) is 44.5 Å². The van der Waals surface area contributed by atoms with Gasteiger partial charge in [0.05, 0.1) is 0 Å². The van der Waals surface area contributed by atoms with E-state index in [2.05, 4.69) is 97.1 Å². The van der Waals surface area contributed by atoms with Gasteiger partial charge in [0, 0.05) is 0 Å². The Hall–Kier alpha value is -0.530. The van der Waals surface area contributed by atoms with Gasteiger partial charge in [0.2, 0.25) is 0 Å². The van der Waals surface area contributed by atoms with Gasteiger partial charge in [-0.05, 0) is 37.0 Å². The molecular formula is C26H32Cl2SiZr-2. The first-order valence-electron chi connectivity index (χ1n) is 9.93. The molecule has 0 saturated carbocycles. The van der Waals surface area contributed by atoms with Gasteiger partial charge in [-0.25, -0.2) is 0 Å². The molecule has 0 atom stereocenters. The van der Waals surface area contributed by atoms with E-state index in [0.29, 0.717) is 0 Å². The Morgan fingerprint density at radius 2 is 1.23 bits per heavy atom. The average Bonchev–Trinajstić information content (AvgIpc) is 3.12. The molecule has 3 aromatic carbocycles. The van der Waals surface area contributed by atoms with E-state index in [0.717, 1.165) is 6.42 Å². The van der Waals surface area contributed by atoms with E-state index in [9.17, 15) is 0 Å². The molecule has 4 heteroatoms. The molecule has 0 spiro atoms. The third-order valence-corrected chi connectivity index (χ3v) is 5.31. The van der Waals surface area contributed by atoms with Crippen LogP contribution in [0, 0.1) is 47.6 Å². The molecule has 3 aromatic rings. The van der Waals surface area contributed by atoms with E-state index in [-0.39, 0.29) is 30.2 Å². The summed E-state index contributed by atoms with van der Waals surface area (Å²) >= 11 is 1.74. The molecule has 1 aliphatic rings. The molecule has 0 nitrogen and oxygen atoms in total. The summed E-state index contributed by atoms with van der Waals surface area (Å²) in [4.78, 5) is 0. The molecule has 0 radical (unpaired) electrons. The minimum atomic E-state index is 0. The van der Waals surface area contributed by atoms with Gasteiger partial charge in [0.1, 0.15) is 0 Å². The quantitative estimate of drug-likeness (QED) is 0.234. The van der Waals surface area contributed by atoms with E-state index in [1.165, 1.54) is 55.6 Å². The molecule has 0 bridgehead atoms. The fourth-order valence-electron chi connectivity index (χ4n) is 3.25. The van der Waals surface area contributed by atoms with Crippen LogP contribution in [-0.4, -0.2) is 5.43 Å². The van der Waals surface area contributed by atoms with E-state index >= 15 is 0 Å². The number of rotatable bonds is 0. The Morgan fingerprint density at radius 3 is 1.70 bits per heavy atom. The van der Waals surface area contributed by atoms with Crippen molar-refractivity contribution in [2.24, 2.45) is 0 Å². The Bertz CT molecular complexity index is 927. The minimum absolute atomic E-state index is 0. The first-order chi connectivity index (χ1) is 13.1.